The van der Waals surface area contributed by atoms with Gasteiger partial charge in [0.1, 0.15) is 11.5 Å². The molecule has 110 valence electrons. The van der Waals surface area contributed by atoms with Gasteiger partial charge in [0.15, 0.2) is 12.7 Å². The molecular formula is C14H19NO5. The fourth-order valence-electron chi connectivity index (χ4n) is 1.42. The van der Waals surface area contributed by atoms with Crippen LogP contribution in [0.4, 0.5) is 0 Å². The third-order valence-electron chi connectivity index (χ3n) is 2.44. The quantitative estimate of drug-likeness (QED) is 0.759. The number of carbonyl (C=O) groups is 2. The molecule has 1 aromatic carbocycles. The smallest absolute Gasteiger partial charge is 0.344 e. The van der Waals surface area contributed by atoms with Gasteiger partial charge < -0.3 is 19.5 Å². The number of amides is 1. The third kappa shape index (κ3) is 5.17. The number of methoxy groups -OCH3 is 1. The van der Waals surface area contributed by atoms with E-state index in [1.165, 1.54) is 6.92 Å². The Kier molecular flexibility index (Phi) is 6.36. The highest BCUT2D eigenvalue weighted by atomic mass is 16.6. The summed E-state index contributed by atoms with van der Waals surface area (Å²) in [6.45, 7) is 3.54. The van der Waals surface area contributed by atoms with Crippen LogP contribution in [-0.4, -0.2) is 38.2 Å². The van der Waals surface area contributed by atoms with Crippen molar-refractivity contribution in [2.75, 3.05) is 20.3 Å². The second-order valence-electron chi connectivity index (χ2n) is 3.99. The molecular weight excluding hydrogens is 262 g/mol. The number of ether oxygens (including phenoxy) is 3. The number of benzene rings is 1. The van der Waals surface area contributed by atoms with E-state index in [1.54, 1.807) is 38.3 Å². The Labute approximate surface area is 118 Å². The van der Waals surface area contributed by atoms with Crippen molar-refractivity contribution in [2.45, 2.75) is 20.0 Å². The zero-order chi connectivity index (χ0) is 15.0. The summed E-state index contributed by atoms with van der Waals surface area (Å²) in [6, 6.07) is 6.80. The van der Waals surface area contributed by atoms with Crippen LogP contribution in [0, 0.1) is 0 Å². The SMILES string of the molecule is CCNC(=O)[C@@H](C)OC(=O)COc1ccc(OC)cc1. The zero-order valence-corrected chi connectivity index (χ0v) is 11.8. The van der Waals surface area contributed by atoms with Crippen LogP contribution < -0.4 is 14.8 Å². The van der Waals surface area contributed by atoms with E-state index < -0.39 is 12.1 Å². The Morgan fingerprint density at radius 2 is 1.80 bits per heavy atom. The Bertz CT molecular complexity index is 443. The lowest BCUT2D eigenvalue weighted by Gasteiger charge is -2.13. The topological polar surface area (TPSA) is 73.9 Å². The van der Waals surface area contributed by atoms with E-state index in [-0.39, 0.29) is 12.5 Å². The van der Waals surface area contributed by atoms with Crippen LogP contribution in [0.25, 0.3) is 0 Å². The van der Waals surface area contributed by atoms with Crippen molar-refractivity contribution in [1.29, 1.82) is 0 Å². The van der Waals surface area contributed by atoms with Gasteiger partial charge in [-0.25, -0.2) is 4.79 Å². The van der Waals surface area contributed by atoms with Crippen LogP contribution in [0.5, 0.6) is 11.5 Å². The molecule has 1 rings (SSSR count). The predicted octanol–water partition coefficient (Wildman–Crippen LogP) is 1.14. The van der Waals surface area contributed by atoms with Crippen molar-refractivity contribution in [2.24, 2.45) is 0 Å². The van der Waals surface area contributed by atoms with Gasteiger partial charge in [-0.1, -0.05) is 0 Å². The minimum atomic E-state index is -0.832. The van der Waals surface area contributed by atoms with Crippen LogP contribution in [0.2, 0.25) is 0 Å². The van der Waals surface area contributed by atoms with Gasteiger partial charge in [0, 0.05) is 6.54 Å². The van der Waals surface area contributed by atoms with E-state index in [9.17, 15) is 9.59 Å². The lowest BCUT2D eigenvalue weighted by molar-refractivity contribution is -0.156. The molecule has 6 heteroatoms. The lowest BCUT2D eigenvalue weighted by Crippen LogP contribution is -2.36. The summed E-state index contributed by atoms with van der Waals surface area (Å²) >= 11 is 0. The van der Waals surface area contributed by atoms with Gasteiger partial charge in [-0.3, -0.25) is 4.79 Å². The molecule has 0 saturated carbocycles. The van der Waals surface area contributed by atoms with Gasteiger partial charge in [-0.05, 0) is 38.1 Å². The molecule has 0 heterocycles. The summed E-state index contributed by atoms with van der Waals surface area (Å²) in [5, 5.41) is 2.57. The molecule has 0 aliphatic rings. The van der Waals surface area contributed by atoms with Gasteiger partial charge in [0.2, 0.25) is 0 Å². The Hall–Kier alpha value is -2.24. The maximum Gasteiger partial charge on any atom is 0.344 e. The first-order chi connectivity index (χ1) is 9.56. The number of rotatable bonds is 7. The van der Waals surface area contributed by atoms with Gasteiger partial charge in [0.25, 0.3) is 5.91 Å². The molecule has 1 aromatic rings. The largest absolute Gasteiger partial charge is 0.497 e. The number of nitrogens with one attached hydrogen (secondary N) is 1. The van der Waals surface area contributed by atoms with Crippen LogP contribution in [0.15, 0.2) is 24.3 Å². The number of hydrogen-bond donors (Lipinski definition) is 1. The molecule has 1 N–H and O–H groups in total. The van der Waals surface area contributed by atoms with Crippen molar-refractivity contribution in [3.8, 4) is 11.5 Å². The molecule has 1 atom stereocenters. The first-order valence-electron chi connectivity index (χ1n) is 6.30. The van der Waals surface area contributed by atoms with Crippen LogP contribution in [0.3, 0.4) is 0 Å². The predicted molar refractivity (Wildman–Crippen MR) is 72.7 cm³/mol. The fraction of sp³-hybridized carbons (Fsp3) is 0.429. The molecule has 0 unspecified atom stereocenters. The van der Waals surface area contributed by atoms with Gasteiger partial charge in [-0.15, -0.1) is 0 Å². The highest BCUT2D eigenvalue weighted by molar-refractivity contribution is 5.83. The number of likely N-dealkylation sites (N-methyl/N-ethyl adjacent to an activating group) is 1. The maximum atomic E-state index is 11.5. The van der Waals surface area contributed by atoms with Crippen molar-refractivity contribution >= 4 is 11.9 Å². The molecule has 0 aliphatic carbocycles. The van der Waals surface area contributed by atoms with Crippen LogP contribution in [0.1, 0.15) is 13.8 Å². The van der Waals surface area contributed by atoms with E-state index >= 15 is 0 Å². The second kappa shape index (κ2) is 8.04. The average Bonchev–Trinajstić information content (AvgIpc) is 2.45. The molecule has 0 spiro atoms. The summed E-state index contributed by atoms with van der Waals surface area (Å²) in [5.41, 5.74) is 0. The standard InChI is InChI=1S/C14H19NO5/c1-4-15-14(17)10(2)20-13(16)9-19-12-7-5-11(18-3)6-8-12/h5-8,10H,4,9H2,1-3H3,(H,15,17)/t10-/m1/s1. The first kappa shape index (κ1) is 15.8. The van der Waals surface area contributed by atoms with E-state index in [1.807, 2.05) is 0 Å². The van der Waals surface area contributed by atoms with E-state index in [2.05, 4.69) is 5.32 Å². The van der Waals surface area contributed by atoms with Crippen molar-refractivity contribution < 1.29 is 23.8 Å². The molecule has 0 fully saturated rings. The summed E-state index contributed by atoms with van der Waals surface area (Å²) in [7, 11) is 1.57. The molecule has 20 heavy (non-hydrogen) atoms. The molecule has 0 aliphatic heterocycles. The lowest BCUT2D eigenvalue weighted by atomic mass is 10.3. The Balaban J connectivity index is 2.37. The van der Waals surface area contributed by atoms with Crippen LogP contribution in [-0.2, 0) is 14.3 Å². The van der Waals surface area contributed by atoms with Crippen molar-refractivity contribution in [1.82, 2.24) is 5.32 Å². The second-order valence-corrected chi connectivity index (χ2v) is 3.99. The third-order valence-corrected chi connectivity index (χ3v) is 2.44. The van der Waals surface area contributed by atoms with Crippen LogP contribution >= 0.6 is 0 Å². The Morgan fingerprint density at radius 1 is 1.20 bits per heavy atom. The van der Waals surface area contributed by atoms with Gasteiger partial charge >= 0.3 is 5.97 Å². The maximum absolute atomic E-state index is 11.5. The Morgan fingerprint density at radius 3 is 2.35 bits per heavy atom. The molecule has 0 radical (unpaired) electrons. The minimum Gasteiger partial charge on any atom is -0.497 e. The van der Waals surface area contributed by atoms with Gasteiger partial charge in [-0.2, -0.15) is 0 Å². The normalized spacial score (nSPS) is 11.3. The van der Waals surface area contributed by atoms with Gasteiger partial charge in [0.05, 0.1) is 7.11 Å². The average molecular weight is 281 g/mol. The molecule has 6 nitrogen and oxygen atoms in total. The summed E-state index contributed by atoms with van der Waals surface area (Å²) in [6.07, 6.45) is -0.832. The molecule has 0 aromatic heterocycles. The monoisotopic (exact) mass is 281 g/mol. The number of carbonyl (C=O) groups excluding carboxylic acids is 2. The van der Waals surface area contributed by atoms with E-state index in [0.29, 0.717) is 18.0 Å². The number of hydrogen-bond acceptors (Lipinski definition) is 5. The molecule has 0 bridgehead atoms. The fourth-order valence-corrected chi connectivity index (χ4v) is 1.42. The summed E-state index contributed by atoms with van der Waals surface area (Å²) < 4.78 is 15.2. The molecule has 0 saturated heterocycles. The number of esters is 1. The van der Waals surface area contributed by atoms with Crippen molar-refractivity contribution in [3.05, 3.63) is 24.3 Å². The highest BCUT2D eigenvalue weighted by Crippen LogP contribution is 2.16. The minimum absolute atomic E-state index is 0.254. The molecule has 1 amide bonds. The summed E-state index contributed by atoms with van der Waals surface area (Å²) in [4.78, 5) is 22.9. The zero-order valence-electron chi connectivity index (χ0n) is 11.8. The summed E-state index contributed by atoms with van der Waals surface area (Å²) in [5.74, 6) is 0.295. The first-order valence-corrected chi connectivity index (χ1v) is 6.30. The van der Waals surface area contributed by atoms with Crippen molar-refractivity contribution in [3.63, 3.8) is 0 Å². The van der Waals surface area contributed by atoms with E-state index in [0.717, 1.165) is 0 Å². The highest BCUT2D eigenvalue weighted by Gasteiger charge is 2.17. The van der Waals surface area contributed by atoms with E-state index in [4.69, 9.17) is 14.2 Å².